The van der Waals surface area contributed by atoms with Crippen LogP contribution >= 0.6 is 0 Å². The first-order valence-electron chi connectivity index (χ1n) is 4.66. The predicted octanol–water partition coefficient (Wildman–Crippen LogP) is -0.284. The van der Waals surface area contributed by atoms with Gasteiger partial charge in [-0.2, -0.15) is 0 Å². The molecular formula is C8H12N2O5S. The third-order valence-corrected chi connectivity index (χ3v) is 3.23. The van der Waals surface area contributed by atoms with Gasteiger partial charge in [0.2, 0.25) is 11.1 Å². The van der Waals surface area contributed by atoms with E-state index in [1.54, 1.807) is 13.8 Å². The molecule has 0 aromatic carbocycles. The first-order chi connectivity index (χ1) is 7.44. The van der Waals surface area contributed by atoms with Crippen molar-refractivity contribution in [3.8, 4) is 0 Å². The second kappa shape index (κ2) is 4.60. The molecular weight excluding hydrogens is 236 g/mol. The van der Waals surface area contributed by atoms with Crippen LogP contribution in [0.3, 0.4) is 0 Å². The van der Waals surface area contributed by atoms with Crippen LogP contribution in [0.4, 0.5) is 0 Å². The zero-order valence-corrected chi connectivity index (χ0v) is 9.70. The van der Waals surface area contributed by atoms with Crippen molar-refractivity contribution in [1.29, 1.82) is 5.41 Å². The molecule has 1 unspecified atom stereocenters. The highest BCUT2D eigenvalue weighted by atomic mass is 32.2. The molecule has 0 saturated carbocycles. The van der Waals surface area contributed by atoms with Gasteiger partial charge >= 0.3 is 5.97 Å². The highest BCUT2D eigenvalue weighted by Crippen LogP contribution is 2.17. The summed E-state index contributed by atoms with van der Waals surface area (Å²) in [5.74, 6) is -1.33. The Hall–Kier alpha value is -1.44. The van der Waals surface area contributed by atoms with Crippen molar-refractivity contribution in [3.63, 3.8) is 0 Å². The summed E-state index contributed by atoms with van der Waals surface area (Å²) in [7, 11) is -4.07. The third-order valence-electron chi connectivity index (χ3n) is 1.78. The second-order valence-electron chi connectivity index (χ2n) is 2.89. The van der Waals surface area contributed by atoms with E-state index in [2.05, 4.69) is 9.13 Å². The Morgan fingerprint density at radius 2 is 2.06 bits per heavy atom. The molecule has 0 saturated heterocycles. The Morgan fingerprint density at radius 3 is 2.56 bits per heavy atom. The van der Waals surface area contributed by atoms with Gasteiger partial charge in [-0.25, -0.2) is 8.42 Å². The average molecular weight is 248 g/mol. The van der Waals surface area contributed by atoms with Crippen LogP contribution in [0.1, 0.15) is 13.8 Å². The van der Waals surface area contributed by atoms with E-state index in [-0.39, 0.29) is 19.1 Å². The zero-order chi connectivity index (χ0) is 12.3. The van der Waals surface area contributed by atoms with Gasteiger partial charge in [0.25, 0.3) is 10.0 Å². The topological polar surface area (TPSA) is 106 Å². The summed E-state index contributed by atoms with van der Waals surface area (Å²) < 4.78 is 35.6. The SMILES string of the molecule is CCOC(=O)C1C(=N)C(OCC)=NS1(=O)=O. The molecule has 0 bridgehead atoms. The van der Waals surface area contributed by atoms with E-state index in [0.717, 1.165) is 0 Å². The summed E-state index contributed by atoms with van der Waals surface area (Å²) in [5, 5.41) is 5.81. The smallest absolute Gasteiger partial charge is 0.332 e. The number of sulfonamides is 1. The Bertz CT molecular complexity index is 439. The minimum absolute atomic E-state index is 0.0438. The van der Waals surface area contributed by atoms with Crippen molar-refractivity contribution < 1.29 is 22.7 Å². The maximum Gasteiger partial charge on any atom is 0.332 e. The zero-order valence-electron chi connectivity index (χ0n) is 8.89. The van der Waals surface area contributed by atoms with Gasteiger partial charge in [0, 0.05) is 0 Å². The van der Waals surface area contributed by atoms with Crippen molar-refractivity contribution in [1.82, 2.24) is 0 Å². The minimum atomic E-state index is -4.07. The molecule has 1 rings (SSSR count). The van der Waals surface area contributed by atoms with E-state index in [9.17, 15) is 13.2 Å². The van der Waals surface area contributed by atoms with Gasteiger partial charge in [0.15, 0.2) is 0 Å². The Kier molecular flexibility index (Phi) is 3.63. The van der Waals surface area contributed by atoms with E-state index in [1.165, 1.54) is 0 Å². The Balaban J connectivity index is 3.00. The van der Waals surface area contributed by atoms with Crippen LogP contribution < -0.4 is 0 Å². The number of esters is 1. The maximum absolute atomic E-state index is 11.5. The van der Waals surface area contributed by atoms with Crippen molar-refractivity contribution in [2.45, 2.75) is 19.1 Å². The van der Waals surface area contributed by atoms with Crippen LogP contribution in [0.5, 0.6) is 0 Å². The highest BCUT2D eigenvalue weighted by Gasteiger charge is 2.46. The number of hydrogen-bond donors (Lipinski definition) is 1. The Labute approximate surface area is 93.0 Å². The lowest BCUT2D eigenvalue weighted by Gasteiger charge is -2.07. The van der Waals surface area contributed by atoms with Crippen molar-refractivity contribution in [3.05, 3.63) is 0 Å². The number of nitrogens with zero attached hydrogens (tertiary/aromatic N) is 1. The summed E-state index contributed by atoms with van der Waals surface area (Å²) in [6.07, 6.45) is 0. The van der Waals surface area contributed by atoms with Gasteiger partial charge in [0.05, 0.1) is 13.2 Å². The molecule has 1 aliphatic heterocycles. The molecule has 1 heterocycles. The van der Waals surface area contributed by atoms with Crippen molar-refractivity contribution in [2.24, 2.45) is 4.40 Å². The molecule has 90 valence electrons. The molecule has 0 aromatic rings. The van der Waals surface area contributed by atoms with E-state index < -0.39 is 27.0 Å². The molecule has 1 N–H and O–H groups in total. The van der Waals surface area contributed by atoms with Crippen LogP contribution in [-0.4, -0.2) is 44.5 Å². The average Bonchev–Trinajstić information content (AvgIpc) is 2.38. The van der Waals surface area contributed by atoms with E-state index in [4.69, 9.17) is 10.1 Å². The number of rotatable bonds is 3. The number of carbonyl (C=O) groups excluding carboxylic acids is 1. The molecule has 8 heteroatoms. The first kappa shape index (κ1) is 12.6. The number of nitrogens with one attached hydrogen (secondary N) is 1. The summed E-state index contributed by atoms with van der Waals surface area (Å²) in [4.78, 5) is 11.4. The van der Waals surface area contributed by atoms with Crippen LogP contribution in [-0.2, 0) is 24.3 Å². The fourth-order valence-electron chi connectivity index (χ4n) is 1.18. The van der Waals surface area contributed by atoms with E-state index in [0.29, 0.717) is 0 Å². The summed E-state index contributed by atoms with van der Waals surface area (Å²) in [6.45, 7) is 3.39. The lowest BCUT2D eigenvalue weighted by Crippen LogP contribution is -2.36. The van der Waals surface area contributed by atoms with E-state index >= 15 is 0 Å². The van der Waals surface area contributed by atoms with Gasteiger partial charge in [0.1, 0.15) is 5.71 Å². The van der Waals surface area contributed by atoms with E-state index in [1.807, 2.05) is 0 Å². The van der Waals surface area contributed by atoms with Gasteiger partial charge in [-0.05, 0) is 13.8 Å². The monoisotopic (exact) mass is 248 g/mol. The summed E-state index contributed by atoms with van der Waals surface area (Å²) in [6, 6.07) is 0. The minimum Gasteiger partial charge on any atom is -0.476 e. The van der Waals surface area contributed by atoms with Crippen molar-refractivity contribution >= 4 is 27.6 Å². The lowest BCUT2D eigenvalue weighted by molar-refractivity contribution is -0.141. The van der Waals surface area contributed by atoms with Crippen molar-refractivity contribution in [2.75, 3.05) is 13.2 Å². The van der Waals surface area contributed by atoms with Crippen LogP contribution in [0.2, 0.25) is 0 Å². The maximum atomic E-state index is 11.5. The molecule has 7 nitrogen and oxygen atoms in total. The normalized spacial score (nSPS) is 22.8. The molecule has 1 aliphatic rings. The van der Waals surface area contributed by atoms with Gasteiger partial charge in [-0.1, -0.05) is 0 Å². The summed E-state index contributed by atoms with van der Waals surface area (Å²) in [5.41, 5.74) is -0.472. The number of hydrogen-bond acceptors (Lipinski definition) is 6. The molecule has 1 atom stereocenters. The second-order valence-corrected chi connectivity index (χ2v) is 4.57. The third kappa shape index (κ3) is 2.21. The quantitative estimate of drug-likeness (QED) is 0.691. The fourth-order valence-corrected chi connectivity index (χ4v) is 2.37. The lowest BCUT2D eigenvalue weighted by atomic mass is 10.2. The van der Waals surface area contributed by atoms with Gasteiger partial charge in [-0.15, -0.1) is 4.40 Å². The van der Waals surface area contributed by atoms with Gasteiger partial charge in [-0.3, -0.25) is 10.2 Å². The largest absolute Gasteiger partial charge is 0.476 e. The molecule has 0 aliphatic carbocycles. The number of carbonyl (C=O) groups is 1. The van der Waals surface area contributed by atoms with Crippen LogP contribution in [0, 0.1) is 5.41 Å². The molecule has 0 radical (unpaired) electrons. The number of ether oxygens (including phenoxy) is 2. The highest BCUT2D eigenvalue weighted by molar-refractivity contribution is 7.93. The predicted molar refractivity (Wildman–Crippen MR) is 56.1 cm³/mol. The van der Waals surface area contributed by atoms with Crippen LogP contribution in [0.15, 0.2) is 4.40 Å². The molecule has 16 heavy (non-hydrogen) atoms. The fraction of sp³-hybridized carbons (Fsp3) is 0.625. The molecule has 0 aromatic heterocycles. The molecule has 0 fully saturated rings. The van der Waals surface area contributed by atoms with Gasteiger partial charge < -0.3 is 9.47 Å². The van der Waals surface area contributed by atoms with Crippen LogP contribution in [0.25, 0.3) is 0 Å². The summed E-state index contributed by atoms with van der Waals surface area (Å²) >= 11 is 0. The molecule has 0 amide bonds. The molecule has 0 spiro atoms. The first-order valence-corrected chi connectivity index (χ1v) is 6.16. The Morgan fingerprint density at radius 1 is 1.44 bits per heavy atom. The standard InChI is InChI=1S/C8H12N2O5S/c1-3-14-7-5(9)6(8(11)15-4-2)16(12,13)10-7/h6,9H,3-4H2,1-2H3.